The van der Waals surface area contributed by atoms with Crippen LogP contribution in [0.25, 0.3) is 0 Å². The highest BCUT2D eigenvalue weighted by molar-refractivity contribution is 5.39. The average molecular weight is 246 g/mol. The van der Waals surface area contributed by atoms with Crippen LogP contribution in [0.4, 0.5) is 5.69 Å². The Morgan fingerprint density at radius 1 is 1.33 bits per heavy atom. The van der Waals surface area contributed by atoms with Crippen molar-refractivity contribution in [1.29, 1.82) is 0 Å². The maximum atomic E-state index is 5.02. The summed E-state index contributed by atoms with van der Waals surface area (Å²) >= 11 is 0. The maximum absolute atomic E-state index is 5.02. The fourth-order valence-electron chi connectivity index (χ4n) is 1.55. The van der Waals surface area contributed by atoms with Gasteiger partial charge in [0, 0.05) is 31.0 Å². The van der Waals surface area contributed by atoms with Gasteiger partial charge in [0.2, 0.25) is 5.88 Å². The van der Waals surface area contributed by atoms with Crippen molar-refractivity contribution >= 4 is 5.69 Å². The van der Waals surface area contributed by atoms with Crippen LogP contribution in [-0.2, 0) is 6.54 Å². The van der Waals surface area contributed by atoms with Crippen LogP contribution in [0, 0.1) is 0 Å². The third kappa shape index (κ3) is 3.00. The minimum atomic E-state index is 0.378. The van der Waals surface area contributed by atoms with Crippen molar-refractivity contribution < 1.29 is 4.74 Å². The molecular formula is C13H18N4O. The van der Waals surface area contributed by atoms with Gasteiger partial charge in [-0.2, -0.15) is 5.10 Å². The molecule has 2 aromatic rings. The molecule has 0 bridgehead atoms. The standard InChI is InChI=1S/C13H18N4O/c1-10(2)17-9-12(8-16-17)14-6-11-4-5-13(18-3)15-7-11/h4-5,7-10,14H,6H2,1-3H3. The predicted octanol–water partition coefficient (Wildman–Crippen LogP) is 2.48. The topological polar surface area (TPSA) is 52.0 Å². The van der Waals surface area contributed by atoms with E-state index in [1.807, 2.05) is 29.2 Å². The summed E-state index contributed by atoms with van der Waals surface area (Å²) in [6.45, 7) is 4.93. The van der Waals surface area contributed by atoms with E-state index in [0.29, 0.717) is 11.9 Å². The Labute approximate surface area is 107 Å². The van der Waals surface area contributed by atoms with Crippen LogP contribution in [0.5, 0.6) is 5.88 Å². The molecule has 0 saturated heterocycles. The van der Waals surface area contributed by atoms with Gasteiger partial charge in [-0.1, -0.05) is 6.07 Å². The second-order valence-electron chi connectivity index (χ2n) is 4.37. The summed E-state index contributed by atoms with van der Waals surface area (Å²) in [4.78, 5) is 4.16. The first-order valence-electron chi connectivity index (χ1n) is 5.96. The van der Waals surface area contributed by atoms with Crippen molar-refractivity contribution in [2.24, 2.45) is 0 Å². The van der Waals surface area contributed by atoms with Crippen LogP contribution in [0.15, 0.2) is 30.7 Å². The average Bonchev–Trinajstić information content (AvgIpc) is 2.86. The summed E-state index contributed by atoms with van der Waals surface area (Å²) in [6, 6.07) is 4.23. The molecule has 18 heavy (non-hydrogen) atoms. The zero-order valence-corrected chi connectivity index (χ0v) is 10.9. The third-order valence-electron chi connectivity index (χ3n) is 2.63. The molecule has 2 rings (SSSR count). The highest BCUT2D eigenvalue weighted by Crippen LogP contribution is 2.12. The lowest BCUT2D eigenvalue weighted by Gasteiger charge is -2.05. The molecule has 0 radical (unpaired) electrons. The second kappa shape index (κ2) is 5.53. The Morgan fingerprint density at radius 2 is 2.17 bits per heavy atom. The van der Waals surface area contributed by atoms with E-state index in [1.54, 1.807) is 13.3 Å². The van der Waals surface area contributed by atoms with Gasteiger partial charge in [-0.05, 0) is 19.4 Å². The molecule has 96 valence electrons. The summed E-state index contributed by atoms with van der Waals surface area (Å²) in [6.07, 6.45) is 5.64. The largest absolute Gasteiger partial charge is 0.481 e. The highest BCUT2D eigenvalue weighted by atomic mass is 16.5. The Balaban J connectivity index is 1.93. The van der Waals surface area contributed by atoms with Gasteiger partial charge in [0.15, 0.2) is 0 Å². The van der Waals surface area contributed by atoms with E-state index in [1.165, 1.54) is 0 Å². The van der Waals surface area contributed by atoms with Crippen molar-refractivity contribution in [1.82, 2.24) is 14.8 Å². The molecule has 5 nitrogen and oxygen atoms in total. The molecule has 0 fully saturated rings. The number of ether oxygens (including phenoxy) is 1. The van der Waals surface area contributed by atoms with E-state index >= 15 is 0 Å². The molecule has 0 amide bonds. The number of nitrogens with one attached hydrogen (secondary N) is 1. The fraction of sp³-hybridized carbons (Fsp3) is 0.385. The van der Waals surface area contributed by atoms with Gasteiger partial charge in [0.25, 0.3) is 0 Å². The second-order valence-corrected chi connectivity index (χ2v) is 4.37. The summed E-state index contributed by atoms with van der Waals surface area (Å²) in [5, 5.41) is 7.58. The van der Waals surface area contributed by atoms with Gasteiger partial charge in [-0.15, -0.1) is 0 Å². The summed E-state index contributed by atoms with van der Waals surface area (Å²) in [7, 11) is 1.61. The molecule has 0 atom stereocenters. The Bertz CT molecular complexity index is 490. The fourth-order valence-corrected chi connectivity index (χ4v) is 1.55. The Kier molecular flexibility index (Phi) is 3.82. The molecule has 0 saturated carbocycles. The van der Waals surface area contributed by atoms with Crippen LogP contribution in [0.1, 0.15) is 25.5 Å². The Morgan fingerprint density at radius 3 is 2.72 bits per heavy atom. The molecule has 1 N–H and O–H groups in total. The van der Waals surface area contributed by atoms with Crippen molar-refractivity contribution in [2.75, 3.05) is 12.4 Å². The molecule has 0 aliphatic carbocycles. The summed E-state index contributed by atoms with van der Waals surface area (Å²) in [5.41, 5.74) is 2.12. The minimum absolute atomic E-state index is 0.378. The van der Waals surface area contributed by atoms with Gasteiger partial charge in [-0.3, -0.25) is 4.68 Å². The lowest BCUT2D eigenvalue weighted by Crippen LogP contribution is -2.01. The lowest BCUT2D eigenvalue weighted by atomic mass is 10.3. The van der Waals surface area contributed by atoms with Crippen molar-refractivity contribution in [3.8, 4) is 5.88 Å². The van der Waals surface area contributed by atoms with Crippen molar-refractivity contribution in [2.45, 2.75) is 26.4 Å². The number of anilines is 1. The number of pyridine rings is 1. The predicted molar refractivity (Wildman–Crippen MR) is 70.7 cm³/mol. The van der Waals surface area contributed by atoms with Crippen LogP contribution in [0.2, 0.25) is 0 Å². The van der Waals surface area contributed by atoms with E-state index in [4.69, 9.17) is 4.74 Å². The molecule has 5 heteroatoms. The zero-order chi connectivity index (χ0) is 13.0. The number of nitrogens with zero attached hydrogens (tertiary/aromatic N) is 3. The first kappa shape index (κ1) is 12.4. The molecule has 2 heterocycles. The highest BCUT2D eigenvalue weighted by Gasteiger charge is 2.01. The van der Waals surface area contributed by atoms with Crippen LogP contribution >= 0.6 is 0 Å². The van der Waals surface area contributed by atoms with Crippen LogP contribution < -0.4 is 10.1 Å². The van der Waals surface area contributed by atoms with Gasteiger partial charge in [-0.25, -0.2) is 4.98 Å². The normalized spacial score (nSPS) is 10.7. The van der Waals surface area contributed by atoms with E-state index in [-0.39, 0.29) is 0 Å². The van der Waals surface area contributed by atoms with Crippen molar-refractivity contribution in [3.05, 3.63) is 36.3 Å². The number of rotatable bonds is 5. The van der Waals surface area contributed by atoms with E-state index in [0.717, 1.165) is 17.8 Å². The SMILES string of the molecule is COc1ccc(CNc2cnn(C(C)C)c2)cn1. The number of aromatic nitrogens is 3. The lowest BCUT2D eigenvalue weighted by molar-refractivity contribution is 0.397. The van der Waals surface area contributed by atoms with Gasteiger partial charge in [0.1, 0.15) is 0 Å². The minimum Gasteiger partial charge on any atom is -0.481 e. The number of methoxy groups -OCH3 is 1. The molecule has 0 unspecified atom stereocenters. The monoisotopic (exact) mass is 246 g/mol. The van der Waals surface area contributed by atoms with E-state index in [9.17, 15) is 0 Å². The van der Waals surface area contributed by atoms with E-state index in [2.05, 4.69) is 29.2 Å². The first-order chi connectivity index (χ1) is 8.69. The maximum Gasteiger partial charge on any atom is 0.212 e. The molecular weight excluding hydrogens is 228 g/mol. The molecule has 0 aromatic carbocycles. The smallest absolute Gasteiger partial charge is 0.212 e. The molecule has 0 spiro atoms. The van der Waals surface area contributed by atoms with Gasteiger partial charge >= 0.3 is 0 Å². The molecule has 0 aliphatic rings. The zero-order valence-electron chi connectivity index (χ0n) is 10.9. The van der Waals surface area contributed by atoms with Gasteiger partial charge < -0.3 is 10.1 Å². The van der Waals surface area contributed by atoms with Gasteiger partial charge in [0.05, 0.1) is 19.0 Å². The number of hydrogen-bond acceptors (Lipinski definition) is 4. The third-order valence-corrected chi connectivity index (χ3v) is 2.63. The summed E-state index contributed by atoms with van der Waals surface area (Å²) < 4.78 is 6.94. The quantitative estimate of drug-likeness (QED) is 0.880. The first-order valence-corrected chi connectivity index (χ1v) is 5.96. The molecule has 2 aromatic heterocycles. The van der Waals surface area contributed by atoms with Crippen molar-refractivity contribution in [3.63, 3.8) is 0 Å². The molecule has 0 aliphatic heterocycles. The van der Waals surface area contributed by atoms with Crippen LogP contribution in [0.3, 0.4) is 0 Å². The summed E-state index contributed by atoms with van der Waals surface area (Å²) in [5.74, 6) is 0.631. The van der Waals surface area contributed by atoms with E-state index < -0.39 is 0 Å². The number of hydrogen-bond donors (Lipinski definition) is 1. The van der Waals surface area contributed by atoms with Crippen LogP contribution in [-0.4, -0.2) is 21.9 Å². The Hall–Kier alpha value is -2.04.